The molecular weight excluding hydrogens is 242 g/mol. The molecule has 6 heteroatoms. The summed E-state index contributed by atoms with van der Waals surface area (Å²) in [6.07, 6.45) is 1.34. The third-order valence-electron chi connectivity index (χ3n) is 2.89. The zero-order chi connectivity index (χ0) is 13.1. The number of carbonyl (C=O) groups excluding carboxylic acids is 1. The maximum atomic E-state index is 13.5. The zero-order valence-electron chi connectivity index (χ0n) is 9.71. The molecule has 0 saturated carbocycles. The van der Waals surface area contributed by atoms with Crippen LogP contribution in [0.4, 0.5) is 14.5 Å². The molecule has 1 heterocycles. The van der Waals surface area contributed by atoms with Gasteiger partial charge in [-0.15, -0.1) is 0 Å². The second kappa shape index (κ2) is 5.30. The molecule has 1 fully saturated rings. The highest BCUT2D eigenvalue weighted by Crippen LogP contribution is 2.17. The lowest BCUT2D eigenvalue weighted by molar-refractivity contribution is 0.0694. The van der Waals surface area contributed by atoms with Crippen LogP contribution in [0.25, 0.3) is 0 Å². The molecule has 1 saturated heterocycles. The highest BCUT2D eigenvalue weighted by molar-refractivity contribution is 5.95. The molecule has 0 aliphatic carbocycles. The lowest BCUT2D eigenvalue weighted by atomic mass is 10.1. The lowest BCUT2D eigenvalue weighted by Crippen LogP contribution is -2.39. The van der Waals surface area contributed by atoms with E-state index in [0.29, 0.717) is 26.1 Å². The van der Waals surface area contributed by atoms with E-state index in [9.17, 15) is 13.6 Å². The van der Waals surface area contributed by atoms with Gasteiger partial charge in [-0.2, -0.15) is 0 Å². The Kier molecular flexibility index (Phi) is 3.76. The molecule has 1 amide bonds. The number of hydrogen-bond donors (Lipinski definition) is 2. The first-order chi connectivity index (χ1) is 8.58. The van der Waals surface area contributed by atoms with E-state index in [0.717, 1.165) is 12.1 Å². The summed E-state index contributed by atoms with van der Waals surface area (Å²) in [5, 5.41) is 2.66. The number of ether oxygens (including phenoxy) is 1. The molecule has 2 rings (SSSR count). The number of hydrogen-bond acceptors (Lipinski definition) is 3. The molecule has 0 bridgehead atoms. The molecule has 3 N–H and O–H groups in total. The molecule has 1 aliphatic rings. The number of nitrogens with two attached hydrogens (primary N) is 1. The van der Waals surface area contributed by atoms with Crippen LogP contribution >= 0.6 is 0 Å². The molecule has 98 valence electrons. The van der Waals surface area contributed by atoms with Crippen molar-refractivity contribution in [3.63, 3.8) is 0 Å². The van der Waals surface area contributed by atoms with Gasteiger partial charge in [-0.25, -0.2) is 8.78 Å². The fraction of sp³-hybridized carbons (Fsp3) is 0.417. The molecule has 0 aromatic heterocycles. The highest BCUT2D eigenvalue weighted by Gasteiger charge is 2.20. The maximum Gasteiger partial charge on any atom is 0.254 e. The smallest absolute Gasteiger partial charge is 0.254 e. The molecule has 4 nitrogen and oxygen atoms in total. The lowest BCUT2D eigenvalue weighted by Gasteiger charge is -2.23. The van der Waals surface area contributed by atoms with Crippen molar-refractivity contribution in [2.75, 3.05) is 18.9 Å². The monoisotopic (exact) mass is 256 g/mol. The van der Waals surface area contributed by atoms with Crippen molar-refractivity contribution in [2.24, 2.45) is 0 Å². The van der Waals surface area contributed by atoms with Crippen LogP contribution in [0.2, 0.25) is 0 Å². The van der Waals surface area contributed by atoms with Crippen molar-refractivity contribution in [2.45, 2.75) is 18.9 Å². The number of rotatable bonds is 2. The third-order valence-corrected chi connectivity index (χ3v) is 2.89. The first kappa shape index (κ1) is 12.8. The summed E-state index contributed by atoms with van der Waals surface area (Å²) in [4.78, 5) is 11.8. The van der Waals surface area contributed by atoms with Crippen LogP contribution in [0.3, 0.4) is 0 Å². The summed E-state index contributed by atoms with van der Waals surface area (Å²) in [7, 11) is 0. The van der Waals surface area contributed by atoms with Gasteiger partial charge >= 0.3 is 0 Å². The fourth-order valence-corrected chi connectivity index (χ4v) is 1.84. The van der Waals surface area contributed by atoms with E-state index in [-0.39, 0.29) is 17.3 Å². The van der Waals surface area contributed by atoms with Crippen molar-refractivity contribution in [1.29, 1.82) is 0 Å². The quantitative estimate of drug-likeness (QED) is 0.787. The minimum atomic E-state index is -0.821. The van der Waals surface area contributed by atoms with E-state index in [2.05, 4.69) is 5.32 Å². The van der Waals surface area contributed by atoms with Crippen LogP contribution in [-0.2, 0) is 4.74 Å². The molecular formula is C12H14F2N2O2. The normalized spacial score (nSPS) is 16.6. The van der Waals surface area contributed by atoms with Gasteiger partial charge in [0.2, 0.25) is 0 Å². The van der Waals surface area contributed by atoms with Crippen molar-refractivity contribution < 1.29 is 18.3 Å². The summed E-state index contributed by atoms with van der Waals surface area (Å²) in [6.45, 7) is 1.12. The number of carbonyl (C=O) groups is 1. The first-order valence-electron chi connectivity index (χ1n) is 5.71. The average Bonchev–Trinajstić information content (AvgIpc) is 2.35. The van der Waals surface area contributed by atoms with Crippen LogP contribution in [0.5, 0.6) is 0 Å². The van der Waals surface area contributed by atoms with Gasteiger partial charge in [0.15, 0.2) is 0 Å². The number of benzene rings is 1. The van der Waals surface area contributed by atoms with E-state index in [1.807, 2.05) is 0 Å². The summed E-state index contributed by atoms with van der Waals surface area (Å²) in [5.41, 5.74) is 4.57. The first-order valence-corrected chi connectivity index (χ1v) is 5.71. The van der Waals surface area contributed by atoms with Crippen LogP contribution in [0.15, 0.2) is 12.1 Å². The number of anilines is 1. The van der Waals surface area contributed by atoms with Gasteiger partial charge in [-0.3, -0.25) is 4.79 Å². The SMILES string of the molecule is Nc1cc(F)c(C(=O)NC2CCOCC2)cc1F. The predicted molar refractivity (Wildman–Crippen MR) is 62.1 cm³/mol. The molecule has 0 spiro atoms. The number of nitrogens with one attached hydrogen (secondary N) is 1. The number of nitrogen functional groups attached to an aromatic ring is 1. The Labute approximate surface area is 103 Å². The Morgan fingerprint density at radius 3 is 2.61 bits per heavy atom. The Morgan fingerprint density at radius 2 is 1.94 bits per heavy atom. The molecule has 1 aliphatic heterocycles. The van der Waals surface area contributed by atoms with Crippen LogP contribution < -0.4 is 11.1 Å². The fourth-order valence-electron chi connectivity index (χ4n) is 1.84. The number of amides is 1. The molecule has 0 unspecified atom stereocenters. The minimum absolute atomic E-state index is 0.0636. The molecule has 0 radical (unpaired) electrons. The van der Waals surface area contributed by atoms with Gasteiger partial charge in [0.25, 0.3) is 5.91 Å². The second-order valence-electron chi connectivity index (χ2n) is 4.21. The largest absolute Gasteiger partial charge is 0.396 e. The van der Waals surface area contributed by atoms with E-state index >= 15 is 0 Å². The van der Waals surface area contributed by atoms with Gasteiger partial charge < -0.3 is 15.8 Å². The number of halogens is 2. The topological polar surface area (TPSA) is 64.4 Å². The van der Waals surface area contributed by atoms with Gasteiger partial charge in [-0.1, -0.05) is 0 Å². The van der Waals surface area contributed by atoms with Crippen LogP contribution in [0, 0.1) is 11.6 Å². The van der Waals surface area contributed by atoms with E-state index < -0.39 is 17.5 Å². The standard InChI is InChI=1S/C12H14F2N2O2/c13-9-6-11(15)10(14)5-8(9)12(17)16-7-1-3-18-4-2-7/h5-7H,1-4,15H2,(H,16,17). The minimum Gasteiger partial charge on any atom is -0.396 e. The van der Waals surface area contributed by atoms with Gasteiger partial charge in [0, 0.05) is 25.3 Å². The Balaban J connectivity index is 2.10. The summed E-state index contributed by atoms with van der Waals surface area (Å²) in [6, 6.07) is 1.57. The summed E-state index contributed by atoms with van der Waals surface area (Å²) >= 11 is 0. The van der Waals surface area contributed by atoms with Crippen molar-refractivity contribution in [1.82, 2.24) is 5.32 Å². The summed E-state index contributed by atoms with van der Waals surface area (Å²) < 4.78 is 31.9. The van der Waals surface area contributed by atoms with E-state index in [4.69, 9.17) is 10.5 Å². The van der Waals surface area contributed by atoms with Gasteiger partial charge in [0.1, 0.15) is 11.6 Å². The molecule has 1 aromatic rings. The highest BCUT2D eigenvalue weighted by atomic mass is 19.1. The molecule has 1 aromatic carbocycles. The Morgan fingerprint density at radius 1 is 1.28 bits per heavy atom. The maximum absolute atomic E-state index is 13.5. The van der Waals surface area contributed by atoms with Crippen LogP contribution in [-0.4, -0.2) is 25.2 Å². The summed E-state index contributed by atoms with van der Waals surface area (Å²) in [5.74, 6) is -2.25. The second-order valence-corrected chi connectivity index (χ2v) is 4.21. The third kappa shape index (κ3) is 2.76. The van der Waals surface area contributed by atoms with E-state index in [1.54, 1.807) is 0 Å². The van der Waals surface area contributed by atoms with Gasteiger partial charge in [-0.05, 0) is 18.9 Å². The predicted octanol–water partition coefficient (Wildman–Crippen LogP) is 1.46. The Hall–Kier alpha value is -1.69. The van der Waals surface area contributed by atoms with E-state index in [1.165, 1.54) is 0 Å². The van der Waals surface area contributed by atoms with Crippen molar-refractivity contribution in [3.8, 4) is 0 Å². The Bertz CT molecular complexity index is 460. The molecule has 0 atom stereocenters. The average molecular weight is 256 g/mol. The zero-order valence-corrected chi connectivity index (χ0v) is 9.71. The van der Waals surface area contributed by atoms with Gasteiger partial charge in [0.05, 0.1) is 11.3 Å². The molecule has 18 heavy (non-hydrogen) atoms. The van der Waals surface area contributed by atoms with Crippen molar-refractivity contribution in [3.05, 3.63) is 29.3 Å². The van der Waals surface area contributed by atoms with Crippen LogP contribution in [0.1, 0.15) is 23.2 Å². The van der Waals surface area contributed by atoms with Crippen molar-refractivity contribution >= 4 is 11.6 Å².